The summed E-state index contributed by atoms with van der Waals surface area (Å²) in [6.45, 7) is 0.875. The molecule has 0 aliphatic rings. The van der Waals surface area contributed by atoms with Crippen molar-refractivity contribution in [3.63, 3.8) is 0 Å². The molecule has 5 nitrogen and oxygen atoms in total. The molecule has 6 heteroatoms. The first-order valence-electron chi connectivity index (χ1n) is 9.18. The number of nitrogens with one attached hydrogen (secondary N) is 2. The number of halogens is 1. The van der Waals surface area contributed by atoms with Crippen molar-refractivity contribution in [3.05, 3.63) is 77.7 Å². The maximum Gasteiger partial charge on any atom is 0.240 e. The van der Waals surface area contributed by atoms with Crippen molar-refractivity contribution in [3.8, 4) is 0 Å². The van der Waals surface area contributed by atoms with Crippen LogP contribution in [0.15, 0.2) is 60.8 Å². The summed E-state index contributed by atoms with van der Waals surface area (Å²) in [5, 5.41) is 7.88. The zero-order valence-corrected chi connectivity index (χ0v) is 15.6. The average Bonchev–Trinajstić information content (AvgIpc) is 3.02. The molecule has 0 aliphatic heterocycles. The number of hydrogen-bond donors (Lipinski definition) is 2. The minimum absolute atomic E-state index is 0.125. The highest BCUT2D eigenvalue weighted by Crippen LogP contribution is 2.27. The second kappa shape index (κ2) is 7.78. The van der Waals surface area contributed by atoms with Gasteiger partial charge in [0, 0.05) is 35.6 Å². The maximum absolute atomic E-state index is 14.2. The van der Waals surface area contributed by atoms with Crippen LogP contribution in [-0.2, 0) is 24.4 Å². The van der Waals surface area contributed by atoms with Crippen molar-refractivity contribution in [2.75, 3.05) is 7.05 Å². The van der Waals surface area contributed by atoms with E-state index in [0.29, 0.717) is 12.1 Å². The van der Waals surface area contributed by atoms with Crippen molar-refractivity contribution in [2.45, 2.75) is 19.6 Å². The highest BCUT2D eigenvalue weighted by atomic mass is 19.1. The van der Waals surface area contributed by atoms with Crippen LogP contribution in [0.25, 0.3) is 21.9 Å². The maximum atomic E-state index is 14.2. The molecule has 4 aromatic rings. The van der Waals surface area contributed by atoms with Crippen LogP contribution in [0, 0.1) is 5.82 Å². The molecule has 0 saturated heterocycles. The number of carbonyl (C=O) groups is 1. The minimum Gasteiger partial charge on any atom is -0.350 e. The molecule has 0 unspecified atom stereocenters. The molecule has 0 saturated carbocycles. The smallest absolute Gasteiger partial charge is 0.240 e. The molecule has 2 aromatic heterocycles. The summed E-state index contributed by atoms with van der Waals surface area (Å²) in [5.74, 6) is -0.501. The molecule has 4 rings (SSSR count). The topological polar surface area (TPSA) is 58.9 Å². The fraction of sp³-hybridized carbons (Fsp3) is 0.182. The van der Waals surface area contributed by atoms with E-state index in [0.717, 1.165) is 27.5 Å². The Morgan fingerprint density at radius 3 is 2.71 bits per heavy atom. The Labute approximate surface area is 162 Å². The van der Waals surface area contributed by atoms with Gasteiger partial charge in [-0.1, -0.05) is 30.3 Å². The molecule has 0 fully saturated rings. The monoisotopic (exact) mass is 376 g/mol. The fourth-order valence-electron chi connectivity index (χ4n) is 3.47. The first-order chi connectivity index (χ1) is 13.7. The number of benzene rings is 2. The summed E-state index contributed by atoms with van der Waals surface area (Å²) in [4.78, 5) is 17.0. The molecular weight excluding hydrogens is 355 g/mol. The lowest BCUT2D eigenvalue weighted by Gasteiger charge is -2.10. The van der Waals surface area contributed by atoms with Crippen LogP contribution >= 0.6 is 0 Å². The zero-order chi connectivity index (χ0) is 19.5. The van der Waals surface area contributed by atoms with Crippen molar-refractivity contribution < 1.29 is 9.18 Å². The van der Waals surface area contributed by atoms with Gasteiger partial charge in [-0.2, -0.15) is 0 Å². The van der Waals surface area contributed by atoms with Crippen molar-refractivity contribution in [2.24, 2.45) is 0 Å². The van der Waals surface area contributed by atoms with E-state index in [1.807, 2.05) is 54.1 Å². The Morgan fingerprint density at radius 2 is 1.89 bits per heavy atom. The predicted octanol–water partition coefficient (Wildman–Crippen LogP) is 3.36. The number of pyridine rings is 1. The molecular formula is C22H21FN4O. The van der Waals surface area contributed by atoms with Crippen molar-refractivity contribution >= 4 is 27.8 Å². The minimum atomic E-state index is -0.313. The van der Waals surface area contributed by atoms with E-state index in [2.05, 4.69) is 15.6 Å². The molecule has 28 heavy (non-hydrogen) atoms. The number of rotatable bonds is 6. The van der Waals surface area contributed by atoms with Crippen LogP contribution in [0.1, 0.15) is 11.1 Å². The molecule has 2 N–H and O–H groups in total. The van der Waals surface area contributed by atoms with Gasteiger partial charge in [-0.25, -0.2) is 9.37 Å². The molecule has 0 radical (unpaired) electrons. The molecule has 0 spiro atoms. The Kier molecular flexibility index (Phi) is 5.04. The van der Waals surface area contributed by atoms with Gasteiger partial charge in [-0.05, 0) is 36.9 Å². The van der Waals surface area contributed by atoms with Gasteiger partial charge < -0.3 is 15.2 Å². The number of hydrogen-bond acceptors (Lipinski definition) is 3. The number of fused-ring (bicyclic) bond motifs is 3. The quantitative estimate of drug-likeness (QED) is 0.542. The number of aromatic nitrogens is 2. The third kappa shape index (κ3) is 3.46. The van der Waals surface area contributed by atoms with Gasteiger partial charge in [0.25, 0.3) is 0 Å². The number of amides is 1. The normalized spacial score (nSPS) is 11.2. The molecule has 0 atom stereocenters. The van der Waals surface area contributed by atoms with E-state index >= 15 is 0 Å². The van der Waals surface area contributed by atoms with Gasteiger partial charge >= 0.3 is 0 Å². The lowest BCUT2D eigenvalue weighted by atomic mass is 10.1. The van der Waals surface area contributed by atoms with Crippen LogP contribution in [0.4, 0.5) is 4.39 Å². The lowest BCUT2D eigenvalue weighted by Crippen LogP contribution is -2.27. The molecule has 2 aromatic carbocycles. The summed E-state index contributed by atoms with van der Waals surface area (Å²) in [6, 6.07) is 16.9. The predicted molar refractivity (Wildman–Crippen MR) is 108 cm³/mol. The van der Waals surface area contributed by atoms with E-state index in [-0.39, 0.29) is 24.8 Å². The second-order valence-electron chi connectivity index (χ2n) is 6.71. The van der Waals surface area contributed by atoms with Crippen molar-refractivity contribution in [1.82, 2.24) is 20.2 Å². The summed E-state index contributed by atoms with van der Waals surface area (Å²) in [6.07, 6.45) is 1.72. The third-order valence-corrected chi connectivity index (χ3v) is 4.80. The molecule has 0 bridgehead atoms. The van der Waals surface area contributed by atoms with E-state index in [1.165, 1.54) is 6.07 Å². The second-order valence-corrected chi connectivity index (χ2v) is 6.71. The zero-order valence-electron chi connectivity index (χ0n) is 15.6. The van der Waals surface area contributed by atoms with Crippen LogP contribution in [0.3, 0.4) is 0 Å². The summed E-state index contributed by atoms with van der Waals surface area (Å²) in [5.41, 5.74) is 3.05. The molecule has 2 heterocycles. The van der Waals surface area contributed by atoms with E-state index < -0.39 is 0 Å². The van der Waals surface area contributed by atoms with Crippen LogP contribution in [-0.4, -0.2) is 22.5 Å². The molecule has 1 amide bonds. The fourth-order valence-corrected chi connectivity index (χ4v) is 3.47. The molecule has 142 valence electrons. The van der Waals surface area contributed by atoms with Crippen molar-refractivity contribution in [1.29, 1.82) is 0 Å². The summed E-state index contributed by atoms with van der Waals surface area (Å²) in [7, 11) is 1.82. The Hall–Kier alpha value is -3.25. The van der Waals surface area contributed by atoms with Gasteiger partial charge in [-0.3, -0.25) is 4.79 Å². The van der Waals surface area contributed by atoms with Crippen LogP contribution < -0.4 is 10.6 Å². The largest absolute Gasteiger partial charge is 0.350 e. The van der Waals surface area contributed by atoms with E-state index in [1.54, 1.807) is 12.3 Å². The highest BCUT2D eigenvalue weighted by Gasteiger charge is 2.14. The average molecular weight is 376 g/mol. The third-order valence-electron chi connectivity index (χ3n) is 4.80. The first-order valence-corrected chi connectivity index (χ1v) is 9.18. The van der Waals surface area contributed by atoms with Gasteiger partial charge in [0.15, 0.2) is 0 Å². The van der Waals surface area contributed by atoms with E-state index in [4.69, 9.17) is 0 Å². The van der Waals surface area contributed by atoms with E-state index in [9.17, 15) is 9.18 Å². The summed E-state index contributed by atoms with van der Waals surface area (Å²) >= 11 is 0. The van der Waals surface area contributed by atoms with Crippen LogP contribution in [0.5, 0.6) is 0 Å². The number of nitrogens with zero attached hydrogens (tertiary/aromatic N) is 2. The Bertz CT molecular complexity index is 1100. The standard InChI is InChI=1S/C22H21FN4O/c1-24-12-15-8-9-16(19(23)11-15)13-26-21(28)14-27-20-7-3-2-5-17(20)18-6-4-10-25-22(18)27/h2-11,24H,12-14H2,1H3,(H,26,28). The highest BCUT2D eigenvalue weighted by molar-refractivity contribution is 6.07. The van der Waals surface area contributed by atoms with Crippen LogP contribution in [0.2, 0.25) is 0 Å². The molecule has 0 aliphatic carbocycles. The summed E-state index contributed by atoms with van der Waals surface area (Å²) < 4.78 is 16.1. The SMILES string of the molecule is CNCc1ccc(CNC(=O)Cn2c3ccccc3c3cccnc32)c(F)c1. The Balaban J connectivity index is 1.53. The van der Waals surface area contributed by atoms with Gasteiger partial charge in [0.2, 0.25) is 5.91 Å². The van der Waals surface area contributed by atoms with Gasteiger partial charge in [0.05, 0.1) is 5.52 Å². The van der Waals surface area contributed by atoms with Gasteiger partial charge in [0.1, 0.15) is 18.0 Å². The van der Waals surface area contributed by atoms with Gasteiger partial charge in [-0.15, -0.1) is 0 Å². The number of carbonyl (C=O) groups excluding carboxylic acids is 1. The lowest BCUT2D eigenvalue weighted by molar-refractivity contribution is -0.121. The first kappa shape index (κ1) is 18.1. The number of para-hydroxylation sites is 1. The Morgan fingerprint density at radius 1 is 1.07 bits per heavy atom.